The summed E-state index contributed by atoms with van der Waals surface area (Å²) >= 11 is 3.31. The fourth-order valence-corrected chi connectivity index (χ4v) is 4.80. The zero-order chi connectivity index (χ0) is 15.3. The SMILES string of the molecule is NCCCOC1CCN(S(=O)(=O)c2ccccc2Br)CC1. The van der Waals surface area contributed by atoms with E-state index in [1.165, 1.54) is 4.31 Å². The molecule has 0 radical (unpaired) electrons. The van der Waals surface area contributed by atoms with Gasteiger partial charge in [0.1, 0.15) is 0 Å². The highest BCUT2D eigenvalue weighted by Crippen LogP contribution is 2.27. The first-order chi connectivity index (χ1) is 10.1. The summed E-state index contributed by atoms with van der Waals surface area (Å²) in [6.07, 6.45) is 2.44. The normalized spacial score (nSPS) is 18.0. The van der Waals surface area contributed by atoms with Crippen LogP contribution in [0.5, 0.6) is 0 Å². The zero-order valence-electron chi connectivity index (χ0n) is 11.9. The van der Waals surface area contributed by atoms with Gasteiger partial charge in [0.2, 0.25) is 10.0 Å². The van der Waals surface area contributed by atoms with Crippen LogP contribution in [0.4, 0.5) is 0 Å². The van der Waals surface area contributed by atoms with Crippen molar-refractivity contribution < 1.29 is 13.2 Å². The van der Waals surface area contributed by atoms with Crippen LogP contribution >= 0.6 is 15.9 Å². The minimum atomic E-state index is -3.43. The molecule has 7 heteroatoms. The Hall–Kier alpha value is -0.470. The third-order valence-corrected chi connectivity index (χ3v) is 6.47. The van der Waals surface area contributed by atoms with Crippen LogP contribution in [0.15, 0.2) is 33.6 Å². The number of nitrogens with zero attached hydrogens (tertiary/aromatic N) is 1. The van der Waals surface area contributed by atoms with Crippen LogP contribution in [-0.2, 0) is 14.8 Å². The van der Waals surface area contributed by atoms with Gasteiger partial charge in [-0.25, -0.2) is 8.42 Å². The fourth-order valence-electron chi connectivity index (χ4n) is 2.37. The summed E-state index contributed by atoms with van der Waals surface area (Å²) < 4.78 is 33.1. The van der Waals surface area contributed by atoms with Crippen molar-refractivity contribution in [2.45, 2.75) is 30.3 Å². The molecule has 1 aromatic carbocycles. The molecular weight excluding hydrogens is 356 g/mol. The number of benzene rings is 1. The largest absolute Gasteiger partial charge is 0.378 e. The van der Waals surface area contributed by atoms with Gasteiger partial charge in [-0.2, -0.15) is 4.31 Å². The van der Waals surface area contributed by atoms with E-state index >= 15 is 0 Å². The molecule has 1 aliphatic rings. The monoisotopic (exact) mass is 376 g/mol. The van der Waals surface area contributed by atoms with Gasteiger partial charge in [-0.3, -0.25) is 0 Å². The quantitative estimate of drug-likeness (QED) is 0.770. The zero-order valence-corrected chi connectivity index (χ0v) is 14.3. The molecule has 1 aromatic rings. The van der Waals surface area contributed by atoms with Gasteiger partial charge in [-0.1, -0.05) is 12.1 Å². The lowest BCUT2D eigenvalue weighted by atomic mass is 10.1. The predicted octanol–water partition coefficient (Wildman–Crippen LogP) is 1.97. The summed E-state index contributed by atoms with van der Waals surface area (Å²) in [5.41, 5.74) is 5.43. The number of halogens is 1. The van der Waals surface area contributed by atoms with Crippen molar-refractivity contribution in [1.82, 2.24) is 4.31 Å². The lowest BCUT2D eigenvalue weighted by Crippen LogP contribution is -2.41. The van der Waals surface area contributed by atoms with Crippen molar-refractivity contribution in [3.8, 4) is 0 Å². The average molecular weight is 377 g/mol. The number of hydrogen-bond donors (Lipinski definition) is 1. The van der Waals surface area contributed by atoms with E-state index in [-0.39, 0.29) is 6.10 Å². The molecule has 0 amide bonds. The molecule has 118 valence electrons. The third kappa shape index (κ3) is 4.26. The number of piperidine rings is 1. The van der Waals surface area contributed by atoms with Gasteiger partial charge in [0.15, 0.2) is 0 Å². The average Bonchev–Trinajstić information content (AvgIpc) is 2.48. The van der Waals surface area contributed by atoms with Gasteiger partial charge >= 0.3 is 0 Å². The van der Waals surface area contributed by atoms with Gasteiger partial charge in [0, 0.05) is 24.2 Å². The minimum Gasteiger partial charge on any atom is -0.378 e. The Labute approximate surface area is 134 Å². The van der Waals surface area contributed by atoms with Crippen LogP contribution < -0.4 is 5.73 Å². The molecule has 0 aromatic heterocycles. The summed E-state index contributed by atoms with van der Waals surface area (Å²) in [4.78, 5) is 0.326. The number of ether oxygens (including phenoxy) is 1. The van der Waals surface area contributed by atoms with E-state index in [0.29, 0.717) is 35.6 Å². The van der Waals surface area contributed by atoms with Gasteiger partial charge in [0.25, 0.3) is 0 Å². The molecule has 1 heterocycles. The number of nitrogens with two attached hydrogens (primary N) is 1. The Balaban J connectivity index is 1.97. The predicted molar refractivity (Wildman–Crippen MR) is 85.5 cm³/mol. The van der Waals surface area contributed by atoms with Crippen LogP contribution in [0.3, 0.4) is 0 Å². The second kappa shape index (κ2) is 7.69. The highest BCUT2D eigenvalue weighted by molar-refractivity contribution is 9.10. The molecule has 1 fully saturated rings. The number of hydrogen-bond acceptors (Lipinski definition) is 4. The maximum absolute atomic E-state index is 12.6. The van der Waals surface area contributed by atoms with Crippen LogP contribution in [0.1, 0.15) is 19.3 Å². The molecule has 1 aliphatic heterocycles. The Bertz CT molecular complexity index is 557. The highest BCUT2D eigenvalue weighted by Gasteiger charge is 2.30. The Morgan fingerprint density at radius 3 is 2.57 bits per heavy atom. The third-order valence-electron chi connectivity index (χ3n) is 3.56. The van der Waals surface area contributed by atoms with Crippen molar-refractivity contribution in [2.24, 2.45) is 5.73 Å². The molecule has 21 heavy (non-hydrogen) atoms. The van der Waals surface area contributed by atoms with Crippen LogP contribution in [0.2, 0.25) is 0 Å². The molecule has 0 bridgehead atoms. The summed E-state index contributed by atoms with van der Waals surface area (Å²) in [6, 6.07) is 6.92. The van der Waals surface area contributed by atoms with Crippen molar-refractivity contribution >= 4 is 26.0 Å². The lowest BCUT2D eigenvalue weighted by Gasteiger charge is -2.31. The maximum atomic E-state index is 12.6. The molecule has 1 saturated heterocycles. The summed E-state index contributed by atoms with van der Waals surface area (Å²) in [6.45, 7) is 2.27. The molecule has 0 aliphatic carbocycles. The maximum Gasteiger partial charge on any atom is 0.244 e. The van der Waals surface area contributed by atoms with Crippen molar-refractivity contribution in [2.75, 3.05) is 26.2 Å². The molecule has 5 nitrogen and oxygen atoms in total. The van der Waals surface area contributed by atoms with Gasteiger partial charge in [0.05, 0.1) is 11.0 Å². The lowest BCUT2D eigenvalue weighted by molar-refractivity contribution is 0.0209. The van der Waals surface area contributed by atoms with Crippen molar-refractivity contribution in [3.63, 3.8) is 0 Å². The molecule has 2 N–H and O–H groups in total. The summed E-state index contributed by atoms with van der Waals surface area (Å²) in [5, 5.41) is 0. The van der Waals surface area contributed by atoms with E-state index in [2.05, 4.69) is 15.9 Å². The second-order valence-corrected chi connectivity index (χ2v) is 7.81. The Kier molecular flexibility index (Phi) is 6.19. The van der Waals surface area contributed by atoms with E-state index in [1.54, 1.807) is 24.3 Å². The van der Waals surface area contributed by atoms with E-state index in [0.717, 1.165) is 19.3 Å². The van der Waals surface area contributed by atoms with E-state index < -0.39 is 10.0 Å². The summed E-state index contributed by atoms with van der Waals surface area (Å²) in [7, 11) is -3.43. The Morgan fingerprint density at radius 2 is 1.95 bits per heavy atom. The van der Waals surface area contributed by atoms with Gasteiger partial charge in [-0.05, 0) is 53.9 Å². The molecule has 0 saturated carbocycles. The Morgan fingerprint density at radius 1 is 1.29 bits per heavy atom. The minimum absolute atomic E-state index is 0.141. The standard InChI is InChI=1S/C14H21BrN2O3S/c15-13-4-1-2-5-14(13)21(18,19)17-9-6-12(7-10-17)20-11-3-8-16/h1-2,4-5,12H,3,6-11,16H2. The molecule has 0 spiro atoms. The van der Waals surface area contributed by atoms with E-state index in [4.69, 9.17) is 10.5 Å². The van der Waals surface area contributed by atoms with E-state index in [9.17, 15) is 8.42 Å². The first kappa shape index (κ1) is 16.9. The fraction of sp³-hybridized carbons (Fsp3) is 0.571. The van der Waals surface area contributed by atoms with Crippen LogP contribution in [0.25, 0.3) is 0 Å². The molecule has 2 rings (SSSR count). The van der Waals surface area contributed by atoms with Gasteiger partial charge in [-0.15, -0.1) is 0 Å². The highest BCUT2D eigenvalue weighted by atomic mass is 79.9. The van der Waals surface area contributed by atoms with Crippen molar-refractivity contribution in [1.29, 1.82) is 0 Å². The second-order valence-electron chi connectivity index (χ2n) is 5.05. The van der Waals surface area contributed by atoms with Crippen molar-refractivity contribution in [3.05, 3.63) is 28.7 Å². The van der Waals surface area contributed by atoms with Gasteiger partial charge < -0.3 is 10.5 Å². The smallest absolute Gasteiger partial charge is 0.244 e. The number of sulfonamides is 1. The topological polar surface area (TPSA) is 72.6 Å². The van der Waals surface area contributed by atoms with Crippen LogP contribution in [0, 0.1) is 0 Å². The first-order valence-electron chi connectivity index (χ1n) is 7.12. The molecule has 0 unspecified atom stereocenters. The summed E-state index contributed by atoms with van der Waals surface area (Å²) in [5.74, 6) is 0. The first-order valence-corrected chi connectivity index (χ1v) is 9.35. The molecular formula is C14H21BrN2O3S. The molecule has 0 atom stereocenters. The number of rotatable bonds is 6. The van der Waals surface area contributed by atoms with Crippen LogP contribution in [-0.4, -0.2) is 45.1 Å². The van der Waals surface area contributed by atoms with E-state index in [1.807, 2.05) is 0 Å².